The quantitative estimate of drug-likeness (QED) is 0.832. The molecule has 0 spiro atoms. The fourth-order valence-electron chi connectivity index (χ4n) is 3.83. The molecule has 4 rings (SSSR count). The minimum absolute atomic E-state index is 0.0205. The number of carbonyl (C=O) groups excluding carboxylic acids is 1. The Labute approximate surface area is 153 Å². The van der Waals surface area contributed by atoms with Crippen LogP contribution >= 0.6 is 0 Å². The maximum absolute atomic E-state index is 12.5. The zero-order chi connectivity index (χ0) is 17.9. The van der Waals surface area contributed by atoms with Gasteiger partial charge in [-0.05, 0) is 38.6 Å². The molecule has 0 N–H and O–H groups in total. The number of hydrogen-bond donors (Lipinski definition) is 0. The first-order chi connectivity index (χ1) is 12.7. The number of para-hydroxylation sites is 1. The van der Waals surface area contributed by atoms with E-state index in [1.807, 2.05) is 35.2 Å². The molecule has 0 aliphatic carbocycles. The van der Waals surface area contributed by atoms with Crippen molar-refractivity contribution >= 4 is 5.91 Å². The Morgan fingerprint density at radius 3 is 2.77 bits per heavy atom. The van der Waals surface area contributed by atoms with Gasteiger partial charge in [0.25, 0.3) is 5.91 Å². The van der Waals surface area contributed by atoms with Crippen molar-refractivity contribution in [2.45, 2.75) is 31.8 Å². The number of ether oxygens (including phenoxy) is 1. The molecule has 138 valence electrons. The van der Waals surface area contributed by atoms with Gasteiger partial charge in [0.05, 0.1) is 6.04 Å². The van der Waals surface area contributed by atoms with Crippen molar-refractivity contribution in [1.82, 2.24) is 24.6 Å². The van der Waals surface area contributed by atoms with E-state index in [0.29, 0.717) is 19.1 Å². The number of benzene rings is 1. The van der Waals surface area contributed by atoms with Crippen molar-refractivity contribution in [3.05, 3.63) is 42.0 Å². The van der Waals surface area contributed by atoms with Crippen LogP contribution in [0.1, 0.15) is 30.5 Å². The van der Waals surface area contributed by atoms with E-state index in [1.54, 1.807) is 0 Å². The van der Waals surface area contributed by atoms with Gasteiger partial charge in [-0.3, -0.25) is 9.69 Å². The summed E-state index contributed by atoms with van der Waals surface area (Å²) in [5, 5.41) is 8.86. The molecule has 3 heterocycles. The van der Waals surface area contributed by atoms with Crippen LogP contribution in [0.25, 0.3) is 0 Å². The Bertz CT molecular complexity index is 761. The van der Waals surface area contributed by atoms with E-state index in [2.05, 4.69) is 26.7 Å². The molecule has 1 saturated heterocycles. The summed E-state index contributed by atoms with van der Waals surface area (Å²) >= 11 is 0. The smallest absolute Gasteiger partial charge is 0.260 e. The van der Waals surface area contributed by atoms with Crippen molar-refractivity contribution in [1.29, 1.82) is 0 Å². The van der Waals surface area contributed by atoms with E-state index in [4.69, 9.17) is 4.74 Å². The summed E-state index contributed by atoms with van der Waals surface area (Å²) in [6.07, 6.45) is 3.06. The fourth-order valence-corrected chi connectivity index (χ4v) is 3.83. The van der Waals surface area contributed by atoms with Crippen LogP contribution in [-0.2, 0) is 17.8 Å². The summed E-state index contributed by atoms with van der Waals surface area (Å²) in [5.41, 5.74) is 0. The lowest BCUT2D eigenvalue weighted by molar-refractivity contribution is -0.133. The molecule has 0 radical (unpaired) electrons. The number of fused-ring (bicyclic) bond motifs is 1. The van der Waals surface area contributed by atoms with Gasteiger partial charge >= 0.3 is 0 Å². The third-order valence-electron chi connectivity index (χ3n) is 5.33. The Hall–Kier alpha value is -2.41. The topological polar surface area (TPSA) is 63.5 Å². The maximum atomic E-state index is 12.5. The normalized spacial score (nSPS) is 20.7. The first kappa shape index (κ1) is 17.0. The number of carbonyl (C=O) groups is 1. The lowest BCUT2D eigenvalue weighted by Crippen LogP contribution is -2.37. The molecule has 1 aromatic heterocycles. The number of rotatable bonds is 4. The molecule has 7 heteroatoms. The van der Waals surface area contributed by atoms with E-state index in [1.165, 1.54) is 6.42 Å². The minimum atomic E-state index is 0.0205. The van der Waals surface area contributed by atoms with Crippen molar-refractivity contribution in [3.8, 4) is 5.75 Å². The second kappa shape index (κ2) is 7.45. The second-order valence-electron chi connectivity index (χ2n) is 7.00. The maximum Gasteiger partial charge on any atom is 0.260 e. The lowest BCUT2D eigenvalue weighted by atomic mass is 10.2. The van der Waals surface area contributed by atoms with Crippen molar-refractivity contribution < 1.29 is 9.53 Å². The molecule has 2 aliphatic heterocycles. The van der Waals surface area contributed by atoms with Crippen molar-refractivity contribution in [3.63, 3.8) is 0 Å². The molecular formula is C19H25N5O2. The van der Waals surface area contributed by atoms with Crippen LogP contribution in [-0.4, -0.2) is 63.8 Å². The molecule has 1 unspecified atom stereocenters. The lowest BCUT2D eigenvalue weighted by Gasteiger charge is -2.22. The highest BCUT2D eigenvalue weighted by Gasteiger charge is 2.30. The van der Waals surface area contributed by atoms with Gasteiger partial charge in [-0.1, -0.05) is 18.2 Å². The highest BCUT2D eigenvalue weighted by Crippen LogP contribution is 2.30. The van der Waals surface area contributed by atoms with Gasteiger partial charge in [0.1, 0.15) is 17.4 Å². The molecule has 1 aromatic carbocycles. The third-order valence-corrected chi connectivity index (χ3v) is 5.33. The first-order valence-electron chi connectivity index (χ1n) is 9.30. The summed E-state index contributed by atoms with van der Waals surface area (Å²) in [6.45, 7) is 3.26. The van der Waals surface area contributed by atoms with E-state index in [9.17, 15) is 4.79 Å². The number of amides is 1. The molecule has 2 aliphatic rings. The SMILES string of the molecule is CN1CCCC1c1nnc2n1CCN(C(=O)COc1ccccc1)CC2. The molecule has 0 saturated carbocycles. The standard InChI is InChI=1S/C19H25N5O2/c1-22-10-5-8-16(22)19-21-20-17-9-11-23(12-13-24(17)19)18(25)14-26-15-6-3-2-4-7-15/h2-4,6-7,16H,5,8-14H2,1H3. The summed E-state index contributed by atoms with van der Waals surface area (Å²) in [5.74, 6) is 2.78. The van der Waals surface area contributed by atoms with Crippen molar-refractivity contribution in [2.24, 2.45) is 0 Å². The van der Waals surface area contributed by atoms with Crippen LogP contribution in [0.5, 0.6) is 5.75 Å². The second-order valence-corrected chi connectivity index (χ2v) is 7.00. The van der Waals surface area contributed by atoms with Gasteiger partial charge < -0.3 is 14.2 Å². The van der Waals surface area contributed by atoms with Gasteiger partial charge in [-0.15, -0.1) is 10.2 Å². The molecule has 1 atom stereocenters. The highest BCUT2D eigenvalue weighted by atomic mass is 16.5. The molecule has 1 fully saturated rings. The average Bonchev–Trinajstić information content (AvgIpc) is 3.20. The molecular weight excluding hydrogens is 330 g/mol. The molecule has 7 nitrogen and oxygen atoms in total. The Morgan fingerprint density at radius 1 is 1.15 bits per heavy atom. The summed E-state index contributed by atoms with van der Waals surface area (Å²) in [6, 6.07) is 9.81. The fraction of sp³-hybridized carbons (Fsp3) is 0.526. The van der Waals surface area contributed by atoms with Gasteiger partial charge in [-0.25, -0.2) is 0 Å². The largest absolute Gasteiger partial charge is 0.484 e. The number of nitrogens with zero attached hydrogens (tertiary/aromatic N) is 5. The zero-order valence-corrected chi connectivity index (χ0v) is 15.2. The first-order valence-corrected chi connectivity index (χ1v) is 9.30. The number of aromatic nitrogens is 3. The third kappa shape index (κ3) is 3.44. The predicted octanol–water partition coefficient (Wildman–Crippen LogP) is 1.51. The molecule has 1 amide bonds. The van der Waals surface area contributed by atoms with Crippen LogP contribution in [0.2, 0.25) is 0 Å². The van der Waals surface area contributed by atoms with Crippen LogP contribution in [0.4, 0.5) is 0 Å². The average molecular weight is 355 g/mol. The highest BCUT2D eigenvalue weighted by molar-refractivity contribution is 5.77. The minimum Gasteiger partial charge on any atom is -0.484 e. The van der Waals surface area contributed by atoms with Gasteiger partial charge in [-0.2, -0.15) is 0 Å². The van der Waals surface area contributed by atoms with E-state index in [0.717, 1.165) is 43.3 Å². The number of likely N-dealkylation sites (tertiary alicyclic amines) is 1. The van der Waals surface area contributed by atoms with E-state index in [-0.39, 0.29) is 12.5 Å². The monoisotopic (exact) mass is 355 g/mol. The Morgan fingerprint density at radius 2 is 2.00 bits per heavy atom. The number of hydrogen-bond acceptors (Lipinski definition) is 5. The predicted molar refractivity (Wildman–Crippen MR) is 96.8 cm³/mol. The molecule has 26 heavy (non-hydrogen) atoms. The Balaban J connectivity index is 1.39. The summed E-state index contributed by atoms with van der Waals surface area (Å²) < 4.78 is 7.83. The van der Waals surface area contributed by atoms with E-state index >= 15 is 0 Å². The van der Waals surface area contributed by atoms with Gasteiger partial charge in [0, 0.05) is 26.1 Å². The van der Waals surface area contributed by atoms with Crippen LogP contribution < -0.4 is 4.74 Å². The Kier molecular flexibility index (Phi) is 4.88. The van der Waals surface area contributed by atoms with Crippen LogP contribution in [0, 0.1) is 0 Å². The molecule has 0 bridgehead atoms. The summed E-state index contributed by atoms with van der Waals surface area (Å²) in [4.78, 5) is 16.8. The van der Waals surface area contributed by atoms with Crippen LogP contribution in [0.3, 0.4) is 0 Å². The zero-order valence-electron chi connectivity index (χ0n) is 15.2. The molecule has 2 aromatic rings. The van der Waals surface area contributed by atoms with Gasteiger partial charge in [0.2, 0.25) is 0 Å². The van der Waals surface area contributed by atoms with Gasteiger partial charge in [0.15, 0.2) is 6.61 Å². The van der Waals surface area contributed by atoms with Crippen LogP contribution in [0.15, 0.2) is 30.3 Å². The summed E-state index contributed by atoms with van der Waals surface area (Å²) in [7, 11) is 2.15. The van der Waals surface area contributed by atoms with Crippen molar-refractivity contribution in [2.75, 3.05) is 33.3 Å². The van der Waals surface area contributed by atoms with E-state index < -0.39 is 0 Å².